The second kappa shape index (κ2) is 13.0. The third kappa shape index (κ3) is 6.76. The Hall–Kier alpha value is -4.71. The highest BCUT2D eigenvalue weighted by molar-refractivity contribution is 5.84. The van der Waals surface area contributed by atoms with Gasteiger partial charge in [0.25, 0.3) is 0 Å². The minimum absolute atomic E-state index is 0.235. The molecule has 1 N–H and O–H groups in total. The second-order valence-electron chi connectivity index (χ2n) is 12.0. The number of piperidine rings is 1. The summed E-state index contributed by atoms with van der Waals surface area (Å²) < 4.78 is 41.3. The van der Waals surface area contributed by atoms with Crippen LogP contribution >= 0.6 is 0 Å². The Morgan fingerprint density at radius 3 is 2.11 bits per heavy atom. The van der Waals surface area contributed by atoms with Crippen molar-refractivity contribution in [1.82, 2.24) is 29.4 Å². The van der Waals surface area contributed by atoms with Gasteiger partial charge in [0.15, 0.2) is 17.0 Å². The molecule has 2 aliphatic heterocycles. The lowest BCUT2D eigenvalue weighted by atomic mass is 10.0. The van der Waals surface area contributed by atoms with Gasteiger partial charge >= 0.3 is 6.18 Å². The average molecular weight is 628 g/mol. The summed E-state index contributed by atoms with van der Waals surface area (Å²) in [6, 6.07) is 22.0. The van der Waals surface area contributed by atoms with Crippen molar-refractivity contribution in [3.05, 3.63) is 102 Å². The minimum atomic E-state index is -4.37. The molecule has 2 aromatic carbocycles. The van der Waals surface area contributed by atoms with Crippen molar-refractivity contribution in [2.24, 2.45) is 0 Å². The fourth-order valence-electron chi connectivity index (χ4n) is 6.23. The van der Waals surface area contributed by atoms with Gasteiger partial charge in [-0.15, -0.1) is 0 Å². The van der Waals surface area contributed by atoms with E-state index in [-0.39, 0.29) is 6.04 Å². The number of likely N-dealkylation sites (tertiary alicyclic amines) is 1. The van der Waals surface area contributed by atoms with Crippen LogP contribution in [0.25, 0.3) is 11.2 Å². The topological polar surface area (TPSA) is 78.2 Å². The number of aromatic nitrogens is 5. The van der Waals surface area contributed by atoms with Crippen molar-refractivity contribution < 1.29 is 13.2 Å². The normalized spacial score (nSPS) is 16.7. The Bertz CT molecular complexity index is 1730. The maximum absolute atomic E-state index is 13.2. The molecule has 2 aliphatic rings. The molecule has 46 heavy (non-hydrogen) atoms. The molecule has 7 rings (SSSR count). The number of halogens is 3. The van der Waals surface area contributed by atoms with Gasteiger partial charge in [-0.05, 0) is 48.2 Å². The molecule has 3 aromatic heterocycles. The van der Waals surface area contributed by atoms with E-state index in [0.717, 1.165) is 82.2 Å². The van der Waals surface area contributed by atoms with Crippen molar-refractivity contribution in [3.63, 3.8) is 0 Å². The number of fused-ring (bicyclic) bond motifs is 1. The van der Waals surface area contributed by atoms with E-state index in [1.165, 1.54) is 17.7 Å². The fourth-order valence-corrected chi connectivity index (χ4v) is 6.23. The molecule has 0 atom stereocenters. The molecule has 0 radical (unpaired) electrons. The predicted molar refractivity (Wildman–Crippen MR) is 173 cm³/mol. The number of alkyl halides is 3. The Morgan fingerprint density at radius 2 is 1.41 bits per heavy atom. The maximum Gasteiger partial charge on any atom is 0.416 e. The van der Waals surface area contributed by atoms with Gasteiger partial charge < -0.3 is 19.7 Å². The number of pyridine rings is 1. The quantitative estimate of drug-likeness (QED) is 0.235. The molecule has 0 saturated carbocycles. The molecule has 0 amide bonds. The third-order valence-corrected chi connectivity index (χ3v) is 8.80. The molecule has 0 bridgehead atoms. The maximum atomic E-state index is 13.2. The Balaban J connectivity index is 1.12. The molecule has 5 heterocycles. The highest BCUT2D eigenvalue weighted by Gasteiger charge is 2.30. The summed E-state index contributed by atoms with van der Waals surface area (Å²) in [4.78, 5) is 26.1. The Morgan fingerprint density at radius 1 is 0.717 bits per heavy atom. The molecule has 0 spiro atoms. The number of hydrogen-bond acceptors (Lipinski definition) is 8. The zero-order valence-corrected chi connectivity index (χ0v) is 25.4. The monoisotopic (exact) mass is 627 g/mol. The number of piperazine rings is 1. The molecule has 238 valence electrons. The number of nitrogens with one attached hydrogen (secondary N) is 1. The molecular weight excluding hydrogens is 591 g/mol. The summed E-state index contributed by atoms with van der Waals surface area (Å²) in [5, 5.41) is 3.70. The van der Waals surface area contributed by atoms with Gasteiger partial charge in [-0.25, -0.2) is 9.97 Å². The minimum Gasteiger partial charge on any atom is -0.365 e. The van der Waals surface area contributed by atoms with Crippen LogP contribution in [-0.2, 0) is 19.3 Å². The lowest BCUT2D eigenvalue weighted by Gasteiger charge is -2.35. The molecule has 5 aromatic rings. The van der Waals surface area contributed by atoms with Crippen LogP contribution in [0.5, 0.6) is 0 Å². The third-order valence-electron chi connectivity index (χ3n) is 8.80. The van der Waals surface area contributed by atoms with Crippen molar-refractivity contribution in [2.45, 2.75) is 38.1 Å². The van der Waals surface area contributed by atoms with Crippen molar-refractivity contribution in [2.75, 3.05) is 54.4 Å². The summed E-state index contributed by atoms with van der Waals surface area (Å²) >= 11 is 0. The van der Waals surface area contributed by atoms with Crippen LogP contribution in [0.2, 0.25) is 0 Å². The van der Waals surface area contributed by atoms with Crippen LogP contribution in [0, 0.1) is 0 Å². The van der Waals surface area contributed by atoms with E-state index in [9.17, 15) is 13.2 Å². The fraction of sp³-hybridized carbons (Fsp3) is 0.353. The van der Waals surface area contributed by atoms with Gasteiger partial charge in [0, 0.05) is 58.1 Å². The predicted octanol–water partition coefficient (Wildman–Crippen LogP) is 5.69. The van der Waals surface area contributed by atoms with Gasteiger partial charge in [-0.1, -0.05) is 48.5 Å². The zero-order chi connectivity index (χ0) is 31.5. The van der Waals surface area contributed by atoms with Gasteiger partial charge in [0.1, 0.15) is 5.82 Å². The Labute approximate surface area is 265 Å². The highest BCUT2D eigenvalue weighted by atomic mass is 19.4. The first-order valence-corrected chi connectivity index (χ1v) is 15.7. The van der Waals surface area contributed by atoms with E-state index >= 15 is 0 Å². The van der Waals surface area contributed by atoms with Gasteiger partial charge in [-0.2, -0.15) is 23.1 Å². The molecular formula is C34H36F3N9. The SMILES string of the molecule is FC(F)(F)c1ccc(Cn2cnc3c(NC4CCN(Cc5ccccc5)CC4)nc(N4CCN(c5ccccn5)CC4)nc32)cc1. The number of anilines is 3. The number of rotatable bonds is 8. The van der Waals surface area contributed by atoms with Crippen molar-refractivity contribution >= 4 is 28.7 Å². The van der Waals surface area contributed by atoms with Crippen LogP contribution in [0.15, 0.2) is 85.3 Å². The average Bonchev–Trinajstić information content (AvgIpc) is 3.49. The van der Waals surface area contributed by atoms with Crippen molar-refractivity contribution in [1.29, 1.82) is 0 Å². The zero-order valence-electron chi connectivity index (χ0n) is 25.4. The largest absolute Gasteiger partial charge is 0.416 e. The molecule has 2 saturated heterocycles. The van der Waals surface area contributed by atoms with E-state index in [1.807, 2.05) is 28.8 Å². The highest BCUT2D eigenvalue weighted by Crippen LogP contribution is 2.30. The van der Waals surface area contributed by atoms with Crippen LogP contribution in [0.1, 0.15) is 29.5 Å². The Kier molecular flexibility index (Phi) is 8.44. The number of nitrogens with zero attached hydrogens (tertiary/aromatic N) is 8. The van der Waals surface area contributed by atoms with Gasteiger partial charge in [0.05, 0.1) is 18.4 Å². The van der Waals surface area contributed by atoms with E-state index in [1.54, 1.807) is 12.5 Å². The van der Waals surface area contributed by atoms with Crippen LogP contribution < -0.4 is 15.1 Å². The van der Waals surface area contributed by atoms with Crippen LogP contribution in [0.3, 0.4) is 0 Å². The smallest absolute Gasteiger partial charge is 0.365 e. The molecule has 12 heteroatoms. The first-order chi connectivity index (χ1) is 22.4. The van der Waals surface area contributed by atoms with Crippen molar-refractivity contribution in [3.8, 4) is 0 Å². The van der Waals surface area contributed by atoms with E-state index in [4.69, 9.17) is 15.0 Å². The molecule has 0 aliphatic carbocycles. The van der Waals surface area contributed by atoms with E-state index in [0.29, 0.717) is 29.5 Å². The second-order valence-corrected chi connectivity index (χ2v) is 12.0. The number of imidazole rings is 1. The van der Waals surface area contributed by atoms with Gasteiger partial charge in [-0.3, -0.25) is 4.90 Å². The van der Waals surface area contributed by atoms with Crippen LogP contribution in [-0.4, -0.2) is 74.7 Å². The summed E-state index contributed by atoms with van der Waals surface area (Å²) in [5.74, 6) is 2.26. The lowest BCUT2D eigenvalue weighted by molar-refractivity contribution is -0.137. The standard InChI is InChI=1S/C34H36F3N9/c35-34(36,37)27-11-9-26(10-12-27)23-46-24-39-30-31(40-28-13-16-43(17-14-28)22-25-6-2-1-3-7-25)41-33(42-32(30)46)45-20-18-44(19-21-45)29-8-4-5-15-38-29/h1-12,15,24,28H,13-14,16-23H2,(H,40,41,42). The van der Waals surface area contributed by atoms with Gasteiger partial charge in [0.2, 0.25) is 5.95 Å². The summed E-state index contributed by atoms with van der Waals surface area (Å²) in [7, 11) is 0. The molecule has 2 fully saturated rings. The van der Waals surface area contributed by atoms with Crippen LogP contribution in [0.4, 0.5) is 30.8 Å². The summed E-state index contributed by atoms with van der Waals surface area (Å²) in [5.41, 5.74) is 2.70. The molecule has 0 unspecified atom stereocenters. The van der Waals surface area contributed by atoms with E-state index < -0.39 is 11.7 Å². The lowest BCUT2D eigenvalue weighted by Crippen LogP contribution is -2.47. The molecule has 9 nitrogen and oxygen atoms in total. The number of benzene rings is 2. The first-order valence-electron chi connectivity index (χ1n) is 15.7. The number of hydrogen-bond donors (Lipinski definition) is 1. The summed E-state index contributed by atoms with van der Waals surface area (Å²) in [6.45, 7) is 6.26. The van der Waals surface area contributed by atoms with E-state index in [2.05, 4.69) is 49.3 Å². The first kappa shape index (κ1) is 30.0. The summed E-state index contributed by atoms with van der Waals surface area (Å²) in [6.07, 6.45) is 1.08.